The summed E-state index contributed by atoms with van der Waals surface area (Å²) in [7, 11) is 0. The van der Waals surface area contributed by atoms with E-state index in [1.165, 1.54) is 6.07 Å². The lowest BCUT2D eigenvalue weighted by Crippen LogP contribution is -2.08. The Hall–Kier alpha value is -1.88. The molecule has 0 bridgehead atoms. The molecule has 2 rings (SSSR count). The van der Waals surface area contributed by atoms with Gasteiger partial charge in [-0.15, -0.1) is 0 Å². The molecule has 0 fully saturated rings. The van der Waals surface area contributed by atoms with Gasteiger partial charge in [0.1, 0.15) is 12.4 Å². The number of fused-ring (bicyclic) bond motifs is 1. The van der Waals surface area contributed by atoms with Crippen LogP contribution in [0, 0.1) is 5.92 Å². The fourth-order valence-electron chi connectivity index (χ4n) is 2.00. The minimum Gasteiger partial charge on any atom is -0.478 e. The molecule has 1 aromatic carbocycles. The molecule has 1 heterocycles. The maximum absolute atomic E-state index is 10.9. The monoisotopic (exact) mass is 248 g/mol. The third kappa shape index (κ3) is 2.22. The second kappa shape index (κ2) is 4.78. The van der Waals surface area contributed by atoms with Crippen LogP contribution in [0.2, 0.25) is 0 Å². The predicted molar refractivity (Wildman–Crippen MR) is 67.5 cm³/mol. The van der Waals surface area contributed by atoms with Crippen molar-refractivity contribution in [3.8, 4) is 0 Å². The lowest BCUT2D eigenvalue weighted by Gasteiger charge is -2.10. The third-order valence-electron chi connectivity index (χ3n) is 2.76. The fraction of sp³-hybridized carbons (Fsp3) is 0.385. The van der Waals surface area contributed by atoms with E-state index in [0.29, 0.717) is 17.3 Å². The van der Waals surface area contributed by atoms with E-state index < -0.39 is 5.97 Å². The van der Waals surface area contributed by atoms with Crippen molar-refractivity contribution in [2.75, 3.05) is 0 Å². The van der Waals surface area contributed by atoms with Crippen LogP contribution in [0.4, 0.5) is 0 Å². The molecule has 0 aliphatic carbocycles. The number of hydrogen-bond donors (Lipinski definition) is 2. The van der Waals surface area contributed by atoms with Gasteiger partial charge in [-0.05, 0) is 24.1 Å². The van der Waals surface area contributed by atoms with Gasteiger partial charge in [0.15, 0.2) is 0 Å². The smallest absolute Gasteiger partial charge is 0.335 e. The summed E-state index contributed by atoms with van der Waals surface area (Å²) < 4.78 is 1.94. The van der Waals surface area contributed by atoms with E-state index >= 15 is 0 Å². The molecule has 0 aliphatic rings. The molecule has 0 radical (unpaired) electrons. The average Bonchev–Trinajstić information content (AvgIpc) is 2.65. The first kappa shape index (κ1) is 12.6. The Morgan fingerprint density at radius 1 is 1.44 bits per heavy atom. The number of imidazole rings is 1. The summed E-state index contributed by atoms with van der Waals surface area (Å²) in [6, 6.07) is 4.84. The normalized spacial score (nSPS) is 11.3. The van der Waals surface area contributed by atoms with Crippen LogP contribution in [0.5, 0.6) is 0 Å². The van der Waals surface area contributed by atoms with Crippen LogP contribution in [0.15, 0.2) is 18.2 Å². The molecule has 96 valence electrons. The Morgan fingerprint density at radius 2 is 2.17 bits per heavy atom. The molecule has 2 aromatic rings. The summed E-state index contributed by atoms with van der Waals surface area (Å²) in [6.07, 6.45) is 0. The molecule has 0 saturated heterocycles. The van der Waals surface area contributed by atoms with Crippen LogP contribution in [-0.4, -0.2) is 25.7 Å². The number of nitrogens with zero attached hydrogens (tertiary/aromatic N) is 2. The summed E-state index contributed by atoms with van der Waals surface area (Å²) in [6.45, 7) is 4.76. The van der Waals surface area contributed by atoms with E-state index in [9.17, 15) is 9.90 Å². The zero-order valence-electron chi connectivity index (χ0n) is 10.4. The number of aliphatic hydroxyl groups excluding tert-OH is 1. The molecule has 1 aromatic heterocycles. The van der Waals surface area contributed by atoms with E-state index in [4.69, 9.17) is 5.11 Å². The first-order valence-electron chi connectivity index (χ1n) is 5.86. The van der Waals surface area contributed by atoms with Crippen molar-refractivity contribution in [2.45, 2.75) is 27.0 Å². The van der Waals surface area contributed by atoms with Gasteiger partial charge in [-0.25, -0.2) is 9.78 Å². The van der Waals surface area contributed by atoms with Gasteiger partial charge < -0.3 is 14.8 Å². The van der Waals surface area contributed by atoms with Crippen LogP contribution in [0.1, 0.15) is 30.0 Å². The second-order valence-corrected chi connectivity index (χ2v) is 4.70. The average molecular weight is 248 g/mol. The minimum absolute atomic E-state index is 0.149. The molecular formula is C13H16N2O3. The highest BCUT2D eigenvalue weighted by atomic mass is 16.4. The molecular weight excluding hydrogens is 232 g/mol. The standard InChI is InChI=1S/C13H16N2O3/c1-8(2)6-15-11-4-3-9(13(17)18)5-10(11)14-12(15)7-16/h3-5,8,16H,6-7H2,1-2H3,(H,17,18). The van der Waals surface area contributed by atoms with E-state index in [-0.39, 0.29) is 12.2 Å². The van der Waals surface area contributed by atoms with Crippen LogP contribution in [0.3, 0.4) is 0 Å². The number of carbonyl (C=O) groups is 1. The van der Waals surface area contributed by atoms with Crippen molar-refractivity contribution in [2.24, 2.45) is 5.92 Å². The maximum Gasteiger partial charge on any atom is 0.335 e. The van der Waals surface area contributed by atoms with E-state index in [0.717, 1.165) is 12.1 Å². The van der Waals surface area contributed by atoms with Crippen molar-refractivity contribution in [1.82, 2.24) is 9.55 Å². The molecule has 0 spiro atoms. The molecule has 0 unspecified atom stereocenters. The zero-order valence-corrected chi connectivity index (χ0v) is 10.4. The quantitative estimate of drug-likeness (QED) is 0.866. The van der Waals surface area contributed by atoms with Gasteiger partial charge in [0.05, 0.1) is 16.6 Å². The molecule has 5 nitrogen and oxygen atoms in total. The molecule has 2 N–H and O–H groups in total. The van der Waals surface area contributed by atoms with E-state index in [2.05, 4.69) is 18.8 Å². The Balaban J connectivity index is 2.58. The first-order chi connectivity index (χ1) is 8.52. The van der Waals surface area contributed by atoms with Crippen molar-refractivity contribution in [3.05, 3.63) is 29.6 Å². The van der Waals surface area contributed by atoms with Crippen molar-refractivity contribution in [3.63, 3.8) is 0 Å². The number of rotatable bonds is 4. The topological polar surface area (TPSA) is 75.3 Å². The maximum atomic E-state index is 10.9. The number of aromatic nitrogens is 2. The van der Waals surface area contributed by atoms with Gasteiger partial charge in [-0.1, -0.05) is 13.8 Å². The van der Waals surface area contributed by atoms with Crippen molar-refractivity contribution >= 4 is 17.0 Å². The molecule has 0 saturated carbocycles. The largest absolute Gasteiger partial charge is 0.478 e. The second-order valence-electron chi connectivity index (χ2n) is 4.70. The van der Waals surface area contributed by atoms with E-state index in [1.54, 1.807) is 12.1 Å². The van der Waals surface area contributed by atoms with Gasteiger partial charge in [0, 0.05) is 6.54 Å². The Bertz CT molecular complexity index is 587. The van der Waals surface area contributed by atoms with Crippen molar-refractivity contribution < 1.29 is 15.0 Å². The number of carboxylic acids is 1. The van der Waals surface area contributed by atoms with E-state index in [1.807, 2.05) is 4.57 Å². The molecule has 18 heavy (non-hydrogen) atoms. The predicted octanol–water partition coefficient (Wildman–Crippen LogP) is 1.88. The van der Waals surface area contributed by atoms with Gasteiger partial charge >= 0.3 is 5.97 Å². The minimum atomic E-state index is -0.971. The summed E-state index contributed by atoms with van der Waals surface area (Å²) in [4.78, 5) is 15.2. The number of hydrogen-bond acceptors (Lipinski definition) is 3. The highest BCUT2D eigenvalue weighted by Crippen LogP contribution is 2.19. The number of benzene rings is 1. The number of aliphatic hydroxyl groups is 1. The van der Waals surface area contributed by atoms with Crippen LogP contribution >= 0.6 is 0 Å². The summed E-state index contributed by atoms with van der Waals surface area (Å²) in [5, 5.41) is 18.3. The summed E-state index contributed by atoms with van der Waals surface area (Å²) in [5.41, 5.74) is 1.68. The number of carboxylic acid groups (broad SMARTS) is 1. The zero-order chi connectivity index (χ0) is 13.3. The first-order valence-corrected chi connectivity index (χ1v) is 5.86. The van der Waals surface area contributed by atoms with Crippen LogP contribution < -0.4 is 0 Å². The molecule has 0 atom stereocenters. The third-order valence-corrected chi connectivity index (χ3v) is 2.76. The molecule has 5 heteroatoms. The Kier molecular flexibility index (Phi) is 3.34. The van der Waals surface area contributed by atoms with Gasteiger partial charge in [0.25, 0.3) is 0 Å². The van der Waals surface area contributed by atoms with Crippen LogP contribution in [-0.2, 0) is 13.2 Å². The highest BCUT2D eigenvalue weighted by Gasteiger charge is 2.13. The Morgan fingerprint density at radius 3 is 2.72 bits per heavy atom. The summed E-state index contributed by atoms with van der Waals surface area (Å²) >= 11 is 0. The SMILES string of the molecule is CC(C)Cn1c(CO)nc2cc(C(=O)O)ccc21. The number of aromatic carboxylic acids is 1. The fourth-order valence-corrected chi connectivity index (χ4v) is 2.00. The van der Waals surface area contributed by atoms with Gasteiger partial charge in [0.2, 0.25) is 0 Å². The van der Waals surface area contributed by atoms with Gasteiger partial charge in [-0.2, -0.15) is 0 Å². The molecule has 0 amide bonds. The Labute approximate surface area is 105 Å². The lowest BCUT2D eigenvalue weighted by atomic mass is 10.2. The highest BCUT2D eigenvalue weighted by molar-refractivity contribution is 5.92. The van der Waals surface area contributed by atoms with Crippen LogP contribution in [0.25, 0.3) is 11.0 Å². The molecule has 0 aliphatic heterocycles. The summed E-state index contributed by atoms with van der Waals surface area (Å²) in [5.74, 6) is 0.0222. The van der Waals surface area contributed by atoms with Crippen molar-refractivity contribution in [1.29, 1.82) is 0 Å². The lowest BCUT2D eigenvalue weighted by molar-refractivity contribution is 0.0697. The van der Waals surface area contributed by atoms with Gasteiger partial charge in [-0.3, -0.25) is 0 Å².